The van der Waals surface area contributed by atoms with Crippen molar-refractivity contribution < 1.29 is 14.2 Å². The van der Waals surface area contributed by atoms with Crippen molar-refractivity contribution in [1.82, 2.24) is 0 Å². The van der Waals surface area contributed by atoms with Gasteiger partial charge in [0.25, 0.3) is 0 Å². The van der Waals surface area contributed by atoms with Gasteiger partial charge in [-0.25, -0.2) is 0 Å². The maximum Gasteiger partial charge on any atom is 0.122 e. The predicted molar refractivity (Wildman–Crippen MR) is 69.7 cm³/mol. The summed E-state index contributed by atoms with van der Waals surface area (Å²) in [5, 5.41) is 0. The van der Waals surface area contributed by atoms with E-state index in [1.54, 1.807) is 14.2 Å². The molecule has 2 rings (SSSR count). The second-order valence-corrected chi connectivity index (χ2v) is 4.22. The summed E-state index contributed by atoms with van der Waals surface area (Å²) >= 11 is 0. The van der Waals surface area contributed by atoms with E-state index in [1.807, 2.05) is 18.2 Å². The van der Waals surface area contributed by atoms with Crippen LogP contribution in [0.4, 0.5) is 0 Å². The fourth-order valence-electron chi connectivity index (χ4n) is 1.97. The van der Waals surface area contributed by atoms with E-state index in [0.29, 0.717) is 0 Å². The second-order valence-electron chi connectivity index (χ2n) is 4.22. The Morgan fingerprint density at radius 3 is 2.33 bits per heavy atom. The third kappa shape index (κ3) is 2.76. The summed E-state index contributed by atoms with van der Waals surface area (Å²) < 4.78 is 16.1. The first-order chi connectivity index (χ1) is 8.74. The minimum atomic E-state index is -0.269. The average Bonchev–Trinajstić information content (AvgIpc) is 2.46. The lowest BCUT2D eigenvalue weighted by atomic mass is 10.0. The maximum absolute atomic E-state index is 6.21. The minimum absolute atomic E-state index is 0.269. The molecule has 1 aromatic rings. The molecule has 1 aliphatic rings. The molecule has 0 amide bonds. The average molecular weight is 249 g/mol. The summed E-state index contributed by atoms with van der Waals surface area (Å²) in [6.45, 7) is 0.737. The number of methoxy groups -OCH3 is 2. The Morgan fingerprint density at radius 1 is 1.17 bits per heavy atom. The summed E-state index contributed by atoms with van der Waals surface area (Å²) in [5.74, 6) is 2.30. The van der Waals surface area contributed by atoms with E-state index in [2.05, 4.69) is 6.08 Å². The van der Waals surface area contributed by atoms with Gasteiger partial charge in [-0.05, 0) is 36.6 Å². The Kier molecular flexibility index (Phi) is 4.10. The molecule has 0 saturated heterocycles. The van der Waals surface area contributed by atoms with E-state index in [-0.39, 0.29) is 6.04 Å². The molecule has 1 unspecified atom stereocenters. The summed E-state index contributed by atoms with van der Waals surface area (Å²) in [5.41, 5.74) is 7.14. The quantitative estimate of drug-likeness (QED) is 0.890. The van der Waals surface area contributed by atoms with Crippen LogP contribution in [-0.2, 0) is 4.74 Å². The SMILES string of the molecule is COc1cc(OC)cc(C(N)C2=CCCCO2)c1. The topological polar surface area (TPSA) is 53.7 Å². The molecule has 4 heteroatoms. The molecule has 0 spiro atoms. The van der Waals surface area contributed by atoms with Gasteiger partial charge in [-0.2, -0.15) is 0 Å². The summed E-state index contributed by atoms with van der Waals surface area (Å²) in [6, 6.07) is 5.37. The highest BCUT2D eigenvalue weighted by Crippen LogP contribution is 2.30. The zero-order valence-corrected chi connectivity index (χ0v) is 10.8. The molecule has 0 aliphatic carbocycles. The molecule has 1 aliphatic heterocycles. The van der Waals surface area contributed by atoms with Crippen LogP contribution in [0.3, 0.4) is 0 Å². The third-order valence-corrected chi connectivity index (χ3v) is 3.00. The lowest BCUT2D eigenvalue weighted by Gasteiger charge is -2.21. The second kappa shape index (κ2) is 5.78. The van der Waals surface area contributed by atoms with Crippen molar-refractivity contribution in [2.75, 3.05) is 20.8 Å². The third-order valence-electron chi connectivity index (χ3n) is 3.00. The maximum atomic E-state index is 6.21. The highest BCUT2D eigenvalue weighted by Gasteiger charge is 2.17. The van der Waals surface area contributed by atoms with Crippen LogP contribution in [0.1, 0.15) is 24.4 Å². The van der Waals surface area contributed by atoms with Gasteiger partial charge >= 0.3 is 0 Å². The molecule has 4 nitrogen and oxygen atoms in total. The van der Waals surface area contributed by atoms with Gasteiger partial charge in [-0.1, -0.05) is 0 Å². The number of nitrogens with two attached hydrogens (primary N) is 1. The molecular weight excluding hydrogens is 230 g/mol. The van der Waals surface area contributed by atoms with Crippen LogP contribution in [0.15, 0.2) is 30.0 Å². The molecule has 0 fully saturated rings. The van der Waals surface area contributed by atoms with Crippen molar-refractivity contribution in [1.29, 1.82) is 0 Å². The molecule has 98 valence electrons. The lowest BCUT2D eigenvalue weighted by molar-refractivity contribution is 0.175. The Labute approximate surface area is 107 Å². The van der Waals surface area contributed by atoms with Crippen LogP contribution in [0.2, 0.25) is 0 Å². The number of benzene rings is 1. The first-order valence-electron chi connectivity index (χ1n) is 6.06. The molecule has 1 heterocycles. The molecule has 0 saturated carbocycles. The van der Waals surface area contributed by atoms with Crippen LogP contribution in [-0.4, -0.2) is 20.8 Å². The van der Waals surface area contributed by atoms with E-state index < -0.39 is 0 Å². The number of allylic oxidation sites excluding steroid dienone is 1. The number of ether oxygens (including phenoxy) is 3. The molecule has 0 bridgehead atoms. The molecular formula is C14H19NO3. The summed E-state index contributed by atoms with van der Waals surface area (Å²) in [4.78, 5) is 0. The largest absolute Gasteiger partial charge is 0.497 e. The van der Waals surface area contributed by atoms with Gasteiger partial charge in [0, 0.05) is 6.07 Å². The molecule has 1 atom stereocenters. The zero-order chi connectivity index (χ0) is 13.0. The first-order valence-corrected chi connectivity index (χ1v) is 6.06. The van der Waals surface area contributed by atoms with Gasteiger partial charge in [0.2, 0.25) is 0 Å². The van der Waals surface area contributed by atoms with Crippen LogP contribution in [0, 0.1) is 0 Å². The number of hydrogen-bond donors (Lipinski definition) is 1. The van der Waals surface area contributed by atoms with Crippen molar-refractivity contribution in [2.45, 2.75) is 18.9 Å². The van der Waals surface area contributed by atoms with Crippen molar-refractivity contribution in [2.24, 2.45) is 5.73 Å². The van der Waals surface area contributed by atoms with Gasteiger partial charge in [0.15, 0.2) is 0 Å². The van der Waals surface area contributed by atoms with Crippen LogP contribution in [0.5, 0.6) is 11.5 Å². The summed E-state index contributed by atoms with van der Waals surface area (Å²) in [6.07, 6.45) is 4.13. The molecule has 0 aromatic heterocycles. The van der Waals surface area contributed by atoms with Gasteiger partial charge in [0.05, 0.1) is 26.9 Å². The minimum Gasteiger partial charge on any atom is -0.497 e. The van der Waals surface area contributed by atoms with Crippen molar-refractivity contribution in [3.63, 3.8) is 0 Å². The van der Waals surface area contributed by atoms with E-state index in [4.69, 9.17) is 19.9 Å². The highest BCUT2D eigenvalue weighted by atomic mass is 16.5. The fourth-order valence-corrected chi connectivity index (χ4v) is 1.97. The van der Waals surface area contributed by atoms with Crippen LogP contribution < -0.4 is 15.2 Å². The Hall–Kier alpha value is -1.68. The van der Waals surface area contributed by atoms with E-state index in [1.165, 1.54) is 0 Å². The van der Waals surface area contributed by atoms with Crippen LogP contribution >= 0.6 is 0 Å². The first kappa shape index (κ1) is 12.8. The van der Waals surface area contributed by atoms with Gasteiger partial charge < -0.3 is 19.9 Å². The van der Waals surface area contributed by atoms with Gasteiger partial charge in [-0.15, -0.1) is 0 Å². The fraction of sp³-hybridized carbons (Fsp3) is 0.429. The van der Waals surface area contributed by atoms with Gasteiger partial charge in [0.1, 0.15) is 17.3 Å². The molecule has 0 radical (unpaired) electrons. The number of rotatable bonds is 4. The number of hydrogen-bond acceptors (Lipinski definition) is 4. The summed E-state index contributed by atoms with van der Waals surface area (Å²) in [7, 11) is 3.25. The Bertz CT molecular complexity index is 420. The highest BCUT2D eigenvalue weighted by molar-refractivity contribution is 5.41. The smallest absolute Gasteiger partial charge is 0.122 e. The van der Waals surface area contributed by atoms with E-state index >= 15 is 0 Å². The lowest BCUT2D eigenvalue weighted by Crippen LogP contribution is -2.18. The predicted octanol–water partition coefficient (Wildman–Crippen LogP) is 2.40. The van der Waals surface area contributed by atoms with Crippen molar-refractivity contribution >= 4 is 0 Å². The van der Waals surface area contributed by atoms with Crippen LogP contribution in [0.25, 0.3) is 0 Å². The Balaban J connectivity index is 2.28. The molecule has 18 heavy (non-hydrogen) atoms. The monoisotopic (exact) mass is 249 g/mol. The molecule has 1 aromatic carbocycles. The van der Waals surface area contributed by atoms with Crippen molar-refractivity contribution in [3.8, 4) is 11.5 Å². The van der Waals surface area contributed by atoms with Crippen molar-refractivity contribution in [3.05, 3.63) is 35.6 Å². The zero-order valence-electron chi connectivity index (χ0n) is 10.8. The standard InChI is InChI=1S/C14H19NO3/c1-16-11-7-10(8-12(9-11)17-2)14(15)13-5-3-4-6-18-13/h5,7-9,14H,3-4,6,15H2,1-2H3. The molecule has 2 N–H and O–H groups in total. The van der Waals surface area contributed by atoms with E-state index in [9.17, 15) is 0 Å². The Morgan fingerprint density at radius 2 is 1.83 bits per heavy atom. The normalized spacial score (nSPS) is 16.5. The van der Waals surface area contributed by atoms with E-state index in [0.717, 1.165) is 42.3 Å². The van der Waals surface area contributed by atoms with Gasteiger partial charge in [-0.3, -0.25) is 0 Å².